The van der Waals surface area contributed by atoms with Crippen LogP contribution in [0.3, 0.4) is 0 Å². The number of halogens is 4. The molecule has 8 nitrogen and oxygen atoms in total. The lowest BCUT2D eigenvalue weighted by atomic mass is 9.82. The van der Waals surface area contributed by atoms with Crippen LogP contribution in [0.4, 0.5) is 13.2 Å². The number of pyridine rings is 1. The van der Waals surface area contributed by atoms with Gasteiger partial charge in [0.1, 0.15) is 5.82 Å². The van der Waals surface area contributed by atoms with Crippen molar-refractivity contribution in [1.29, 1.82) is 0 Å². The molecule has 0 spiro atoms. The third-order valence-electron chi connectivity index (χ3n) is 6.13. The molecular weight excluding hydrogens is 499 g/mol. The molecule has 3 aromatic heterocycles. The zero-order chi connectivity index (χ0) is 26.6. The fourth-order valence-electron chi connectivity index (χ4n) is 4.32. The number of methoxy groups -OCH3 is 1. The van der Waals surface area contributed by atoms with Gasteiger partial charge in [-0.15, -0.1) is 0 Å². The molecule has 4 rings (SSSR count). The van der Waals surface area contributed by atoms with Gasteiger partial charge < -0.3 is 19.1 Å². The van der Waals surface area contributed by atoms with Gasteiger partial charge in [-0.3, -0.25) is 4.68 Å². The molecule has 1 atom stereocenters. The summed E-state index contributed by atoms with van der Waals surface area (Å²) < 4.78 is 52.1. The van der Waals surface area contributed by atoms with Crippen molar-refractivity contribution in [2.75, 3.05) is 13.7 Å². The van der Waals surface area contributed by atoms with E-state index in [1.807, 2.05) is 6.92 Å². The Labute approximate surface area is 210 Å². The number of hydrogen-bond acceptors (Lipinski definition) is 6. The molecule has 1 N–H and O–H groups in total. The largest absolute Gasteiger partial charge is 0.478 e. The Hall–Kier alpha value is -3.31. The summed E-state index contributed by atoms with van der Waals surface area (Å²) in [6.07, 6.45) is -1.30. The minimum absolute atomic E-state index is 0.113. The predicted octanol–water partition coefficient (Wildman–Crippen LogP) is 4.51. The van der Waals surface area contributed by atoms with Crippen LogP contribution in [0, 0.1) is 20.8 Å². The number of aromatic nitrogens is 5. The van der Waals surface area contributed by atoms with Crippen molar-refractivity contribution in [2.45, 2.75) is 32.5 Å². The van der Waals surface area contributed by atoms with Crippen molar-refractivity contribution < 1.29 is 27.8 Å². The van der Waals surface area contributed by atoms with Gasteiger partial charge in [0.15, 0.2) is 12.2 Å². The Balaban J connectivity index is 2.03. The number of hydrogen-bond donors (Lipinski definition) is 1. The van der Waals surface area contributed by atoms with E-state index in [1.165, 1.54) is 7.11 Å². The molecule has 0 radical (unpaired) electrons. The molecule has 1 unspecified atom stereocenters. The number of benzene rings is 1. The molecule has 36 heavy (non-hydrogen) atoms. The van der Waals surface area contributed by atoms with Gasteiger partial charge >= 0.3 is 6.18 Å². The van der Waals surface area contributed by atoms with Crippen molar-refractivity contribution in [3.63, 3.8) is 0 Å². The van der Waals surface area contributed by atoms with Gasteiger partial charge in [0.2, 0.25) is 5.75 Å². The third-order valence-corrected chi connectivity index (χ3v) is 6.50. The molecule has 0 aliphatic carbocycles. The fourth-order valence-corrected chi connectivity index (χ4v) is 4.60. The Morgan fingerprint density at radius 1 is 1.14 bits per heavy atom. The highest BCUT2D eigenvalue weighted by molar-refractivity contribution is 6.37. The van der Waals surface area contributed by atoms with Crippen molar-refractivity contribution in [3.8, 4) is 11.6 Å². The molecular formula is C24H25ClF3N5O3. The van der Waals surface area contributed by atoms with E-state index in [0.717, 1.165) is 0 Å². The highest BCUT2D eigenvalue weighted by Gasteiger charge is 2.40. The van der Waals surface area contributed by atoms with Crippen LogP contribution >= 0.6 is 11.6 Å². The number of aliphatic hydroxyl groups is 1. The molecule has 0 saturated heterocycles. The van der Waals surface area contributed by atoms with Gasteiger partial charge in [0.25, 0.3) is 5.88 Å². The second kappa shape index (κ2) is 8.97. The van der Waals surface area contributed by atoms with E-state index in [1.54, 1.807) is 61.7 Å². The second-order valence-electron chi connectivity index (χ2n) is 8.62. The monoisotopic (exact) mass is 523 g/mol. The molecule has 0 aliphatic heterocycles. The first-order chi connectivity index (χ1) is 16.8. The first kappa shape index (κ1) is 25.8. The first-order valence-electron chi connectivity index (χ1n) is 10.9. The first-order valence-corrected chi connectivity index (χ1v) is 11.3. The Bertz CT molecular complexity index is 1460. The van der Waals surface area contributed by atoms with E-state index < -0.39 is 18.4 Å². The highest BCUT2D eigenvalue weighted by Crippen LogP contribution is 2.44. The van der Waals surface area contributed by atoms with E-state index in [4.69, 9.17) is 21.1 Å². The topological polar surface area (TPSA) is 87.2 Å². The van der Waals surface area contributed by atoms with Crippen LogP contribution in [0.2, 0.25) is 5.02 Å². The number of rotatable bonds is 6. The van der Waals surface area contributed by atoms with E-state index in [9.17, 15) is 18.3 Å². The quantitative estimate of drug-likeness (QED) is 0.400. The average molecular weight is 524 g/mol. The minimum atomic E-state index is -4.59. The Morgan fingerprint density at radius 3 is 2.36 bits per heavy atom. The summed E-state index contributed by atoms with van der Waals surface area (Å²) >= 11 is 6.58. The maximum Gasteiger partial charge on any atom is 0.422 e. The number of nitrogens with zero attached hydrogens (tertiary/aromatic N) is 5. The molecule has 0 bridgehead atoms. The van der Waals surface area contributed by atoms with E-state index in [-0.39, 0.29) is 16.7 Å². The summed E-state index contributed by atoms with van der Waals surface area (Å²) in [5.74, 6) is 0.168. The van der Waals surface area contributed by atoms with E-state index in [0.29, 0.717) is 44.8 Å². The zero-order valence-electron chi connectivity index (χ0n) is 20.5. The van der Waals surface area contributed by atoms with Crippen LogP contribution in [0.1, 0.15) is 33.9 Å². The van der Waals surface area contributed by atoms with Crippen LogP contribution in [0.25, 0.3) is 10.9 Å². The van der Waals surface area contributed by atoms with Crippen molar-refractivity contribution in [2.24, 2.45) is 14.1 Å². The molecule has 3 heterocycles. The van der Waals surface area contributed by atoms with Gasteiger partial charge in [-0.2, -0.15) is 18.3 Å². The van der Waals surface area contributed by atoms with Gasteiger partial charge in [-0.1, -0.05) is 17.7 Å². The lowest BCUT2D eigenvalue weighted by Crippen LogP contribution is -2.32. The average Bonchev–Trinajstić information content (AvgIpc) is 3.32. The summed E-state index contributed by atoms with van der Waals surface area (Å²) in [5.41, 5.74) is 1.27. The van der Waals surface area contributed by atoms with E-state index in [2.05, 4.69) is 15.1 Å². The van der Waals surface area contributed by atoms with Crippen molar-refractivity contribution in [1.82, 2.24) is 24.3 Å². The summed E-state index contributed by atoms with van der Waals surface area (Å²) in [7, 11) is 4.79. The third kappa shape index (κ3) is 4.26. The minimum Gasteiger partial charge on any atom is -0.478 e. The Kier molecular flexibility index (Phi) is 6.42. The molecule has 4 aromatic rings. The maximum absolute atomic E-state index is 12.9. The van der Waals surface area contributed by atoms with Crippen molar-refractivity contribution in [3.05, 3.63) is 63.5 Å². The maximum atomic E-state index is 12.9. The molecule has 192 valence electrons. The van der Waals surface area contributed by atoms with Crippen LogP contribution in [0.15, 0.2) is 24.5 Å². The summed E-state index contributed by atoms with van der Waals surface area (Å²) in [6, 6.07) is 3.34. The number of imidazole rings is 1. The number of fused-ring (bicyclic) bond motifs is 1. The van der Waals surface area contributed by atoms with Crippen molar-refractivity contribution >= 4 is 22.5 Å². The molecule has 0 aliphatic rings. The van der Waals surface area contributed by atoms with Gasteiger partial charge in [0.05, 0.1) is 35.2 Å². The molecule has 0 fully saturated rings. The summed E-state index contributed by atoms with van der Waals surface area (Å²) in [6.45, 7) is 3.78. The number of aryl methyl sites for hydroxylation is 4. The Morgan fingerprint density at radius 2 is 1.83 bits per heavy atom. The number of alkyl halides is 3. The van der Waals surface area contributed by atoms with Crippen LogP contribution in [0.5, 0.6) is 11.6 Å². The van der Waals surface area contributed by atoms with Crippen LogP contribution in [-0.4, -0.2) is 49.3 Å². The van der Waals surface area contributed by atoms with Gasteiger partial charge in [0, 0.05) is 31.2 Å². The highest BCUT2D eigenvalue weighted by atomic mass is 35.5. The summed E-state index contributed by atoms with van der Waals surface area (Å²) in [4.78, 5) is 8.70. The number of ether oxygens (including phenoxy) is 2. The van der Waals surface area contributed by atoms with Gasteiger partial charge in [-0.05, 0) is 38.0 Å². The van der Waals surface area contributed by atoms with Gasteiger partial charge in [-0.25, -0.2) is 9.97 Å². The standard InChI is InChI=1S/C24H25ClF3N5O3/c1-12-7-15(8-16-19(25)21(36-11-23(26,27)28)22(35-6)30-20(12)16)24(34,17-10-32(4)31-13(17)2)18-9-29-14(3)33(18)5/h7-10,34H,11H2,1-6H3. The molecule has 12 heteroatoms. The smallest absolute Gasteiger partial charge is 0.422 e. The lowest BCUT2D eigenvalue weighted by Gasteiger charge is -2.30. The van der Waals surface area contributed by atoms with Crippen LogP contribution < -0.4 is 9.47 Å². The second-order valence-corrected chi connectivity index (χ2v) is 9.00. The lowest BCUT2D eigenvalue weighted by molar-refractivity contribution is -0.153. The normalized spacial score (nSPS) is 13.8. The predicted molar refractivity (Wildman–Crippen MR) is 128 cm³/mol. The molecule has 0 saturated carbocycles. The zero-order valence-corrected chi connectivity index (χ0v) is 21.3. The fraction of sp³-hybridized carbons (Fsp3) is 0.375. The molecule has 0 amide bonds. The van der Waals surface area contributed by atoms with E-state index >= 15 is 0 Å². The molecule has 1 aromatic carbocycles. The summed E-state index contributed by atoms with van der Waals surface area (Å²) in [5, 5.41) is 17.0. The van der Waals surface area contributed by atoms with Crippen LogP contribution in [-0.2, 0) is 19.7 Å². The SMILES string of the molecule is COc1nc2c(C)cc(C(O)(c3cn(C)nc3C)c3cnc(C)n3C)cc2c(Cl)c1OCC(F)(F)F.